The van der Waals surface area contributed by atoms with Crippen molar-refractivity contribution < 1.29 is 9.90 Å². The van der Waals surface area contributed by atoms with Crippen LogP contribution in [0, 0.1) is 20.8 Å². The van der Waals surface area contributed by atoms with Crippen molar-refractivity contribution in [1.82, 2.24) is 25.5 Å². The quantitative estimate of drug-likeness (QED) is 0.592. The van der Waals surface area contributed by atoms with E-state index in [2.05, 4.69) is 52.9 Å². The Kier molecular flexibility index (Phi) is 6.55. The van der Waals surface area contributed by atoms with Gasteiger partial charge in [-0.2, -0.15) is 0 Å². The third-order valence-electron chi connectivity index (χ3n) is 5.44. The molecule has 0 spiro atoms. The maximum Gasteiger partial charge on any atom is 0.305 e. The van der Waals surface area contributed by atoms with Crippen molar-refractivity contribution >= 4 is 5.97 Å². The van der Waals surface area contributed by atoms with Gasteiger partial charge in [0.15, 0.2) is 5.82 Å². The third kappa shape index (κ3) is 5.35. The van der Waals surface area contributed by atoms with Crippen LogP contribution in [0.3, 0.4) is 0 Å². The molecule has 0 aliphatic heterocycles. The van der Waals surface area contributed by atoms with E-state index in [0.717, 1.165) is 22.3 Å². The van der Waals surface area contributed by atoms with Crippen LogP contribution in [0.25, 0.3) is 0 Å². The Bertz CT molecular complexity index is 1070. The van der Waals surface area contributed by atoms with Crippen LogP contribution in [0.15, 0.2) is 42.5 Å². The van der Waals surface area contributed by atoms with Crippen molar-refractivity contribution in [3.05, 3.63) is 76.1 Å². The number of hydrogen-bond donors (Lipinski definition) is 2. The van der Waals surface area contributed by atoms with Gasteiger partial charge in [-0.25, -0.2) is 4.68 Å². The first kappa shape index (κ1) is 22.6. The predicted octanol–water partition coefficient (Wildman–Crippen LogP) is 4.25. The lowest BCUT2D eigenvalue weighted by atomic mass is 9.96. The highest BCUT2D eigenvalue weighted by Gasteiger charge is 2.30. The second kappa shape index (κ2) is 8.98. The Labute approximate surface area is 183 Å². The van der Waals surface area contributed by atoms with Crippen LogP contribution in [-0.2, 0) is 10.3 Å². The van der Waals surface area contributed by atoms with Gasteiger partial charge < -0.3 is 5.11 Å². The van der Waals surface area contributed by atoms with Crippen LogP contribution in [0.5, 0.6) is 0 Å². The highest BCUT2D eigenvalue weighted by atomic mass is 16.4. The standard InChI is InChI=1S/C24H31N5O2/c1-15-8-7-9-18(12-15)20(14-21(30)31)25-22(19-11-10-16(2)17(3)13-19)23-26-27-28-29(23)24(4,5)6/h7-13,20,22,25H,14H2,1-6H3,(H,30,31). The summed E-state index contributed by atoms with van der Waals surface area (Å²) in [4.78, 5) is 11.7. The highest BCUT2D eigenvalue weighted by molar-refractivity contribution is 5.68. The molecular weight excluding hydrogens is 390 g/mol. The maximum absolute atomic E-state index is 11.7. The number of carboxylic acids is 1. The van der Waals surface area contributed by atoms with Crippen molar-refractivity contribution in [3.8, 4) is 0 Å². The summed E-state index contributed by atoms with van der Waals surface area (Å²) in [5.74, 6) is -0.216. The Morgan fingerprint density at radius 1 is 1.06 bits per heavy atom. The molecule has 0 radical (unpaired) electrons. The van der Waals surface area contributed by atoms with Crippen molar-refractivity contribution in [3.63, 3.8) is 0 Å². The molecule has 7 heteroatoms. The van der Waals surface area contributed by atoms with Gasteiger partial charge in [0.1, 0.15) is 0 Å². The van der Waals surface area contributed by atoms with Crippen LogP contribution < -0.4 is 5.32 Å². The lowest BCUT2D eigenvalue weighted by Crippen LogP contribution is -2.34. The van der Waals surface area contributed by atoms with E-state index in [1.54, 1.807) is 4.68 Å². The molecule has 0 fully saturated rings. The van der Waals surface area contributed by atoms with Gasteiger partial charge in [0.25, 0.3) is 0 Å². The number of nitrogens with zero attached hydrogens (tertiary/aromatic N) is 4. The predicted molar refractivity (Wildman–Crippen MR) is 120 cm³/mol. The van der Waals surface area contributed by atoms with E-state index >= 15 is 0 Å². The molecule has 0 aliphatic rings. The van der Waals surface area contributed by atoms with Crippen molar-refractivity contribution in [2.24, 2.45) is 0 Å². The number of tetrazole rings is 1. The lowest BCUT2D eigenvalue weighted by Gasteiger charge is -2.28. The van der Waals surface area contributed by atoms with Crippen molar-refractivity contribution in [2.75, 3.05) is 0 Å². The molecule has 0 saturated carbocycles. The molecule has 31 heavy (non-hydrogen) atoms. The van der Waals surface area contributed by atoms with Crippen LogP contribution >= 0.6 is 0 Å². The fourth-order valence-electron chi connectivity index (χ4n) is 3.65. The van der Waals surface area contributed by atoms with E-state index in [1.165, 1.54) is 5.56 Å². The zero-order chi connectivity index (χ0) is 22.8. The number of nitrogens with one attached hydrogen (secondary N) is 1. The summed E-state index contributed by atoms with van der Waals surface area (Å²) in [5, 5.41) is 25.7. The highest BCUT2D eigenvalue weighted by Crippen LogP contribution is 2.30. The second-order valence-electron chi connectivity index (χ2n) is 9.13. The number of carboxylic acid groups (broad SMARTS) is 1. The molecule has 0 aliphatic carbocycles. The molecule has 0 saturated heterocycles. The van der Waals surface area contributed by atoms with Crippen LogP contribution in [-0.4, -0.2) is 31.3 Å². The second-order valence-corrected chi connectivity index (χ2v) is 9.13. The number of aliphatic carboxylic acids is 1. The monoisotopic (exact) mass is 421 g/mol. The van der Waals surface area contributed by atoms with Gasteiger partial charge in [-0.3, -0.25) is 10.1 Å². The Balaban J connectivity index is 2.11. The number of hydrogen-bond acceptors (Lipinski definition) is 5. The Hall–Kier alpha value is -3.06. The molecule has 164 valence electrons. The molecule has 3 aromatic rings. The van der Waals surface area contributed by atoms with Crippen LogP contribution in [0.1, 0.15) is 72.9 Å². The van der Waals surface area contributed by atoms with Gasteiger partial charge in [-0.05, 0) is 74.2 Å². The summed E-state index contributed by atoms with van der Waals surface area (Å²) in [5.41, 5.74) is 5.02. The molecule has 1 heterocycles. The third-order valence-corrected chi connectivity index (χ3v) is 5.44. The molecule has 0 amide bonds. The first-order valence-corrected chi connectivity index (χ1v) is 10.5. The normalized spacial score (nSPS) is 13.7. The van der Waals surface area contributed by atoms with E-state index in [9.17, 15) is 9.90 Å². The first-order valence-electron chi connectivity index (χ1n) is 10.5. The van der Waals surface area contributed by atoms with Crippen LogP contribution in [0.4, 0.5) is 0 Å². The number of carbonyl (C=O) groups is 1. The van der Waals surface area contributed by atoms with Gasteiger partial charge in [0.2, 0.25) is 0 Å². The molecule has 2 atom stereocenters. The molecular formula is C24H31N5O2. The minimum atomic E-state index is -0.867. The molecule has 0 bridgehead atoms. The molecule has 2 N–H and O–H groups in total. The summed E-state index contributed by atoms with van der Waals surface area (Å²) >= 11 is 0. The van der Waals surface area contributed by atoms with Gasteiger partial charge in [-0.15, -0.1) is 5.10 Å². The number of aryl methyl sites for hydroxylation is 3. The lowest BCUT2D eigenvalue weighted by molar-refractivity contribution is -0.137. The Morgan fingerprint density at radius 2 is 1.81 bits per heavy atom. The summed E-state index contributed by atoms with van der Waals surface area (Å²) in [6.45, 7) is 12.3. The van der Waals surface area contributed by atoms with E-state index in [-0.39, 0.29) is 18.0 Å². The number of rotatable bonds is 7. The topological polar surface area (TPSA) is 92.9 Å². The number of aromatic nitrogens is 4. The molecule has 2 unspecified atom stereocenters. The van der Waals surface area contributed by atoms with Gasteiger partial charge >= 0.3 is 5.97 Å². The minimum absolute atomic E-state index is 0.0537. The molecule has 2 aromatic carbocycles. The number of benzene rings is 2. The molecule has 1 aromatic heterocycles. The fraction of sp³-hybridized carbons (Fsp3) is 0.417. The summed E-state index contributed by atoms with van der Waals surface area (Å²) in [6, 6.07) is 13.4. The zero-order valence-corrected chi connectivity index (χ0v) is 19.0. The average molecular weight is 422 g/mol. The maximum atomic E-state index is 11.7. The van der Waals surface area contributed by atoms with Crippen molar-refractivity contribution in [1.29, 1.82) is 0 Å². The van der Waals surface area contributed by atoms with Gasteiger partial charge in [0, 0.05) is 6.04 Å². The zero-order valence-electron chi connectivity index (χ0n) is 19.0. The van der Waals surface area contributed by atoms with E-state index in [4.69, 9.17) is 0 Å². The summed E-state index contributed by atoms with van der Waals surface area (Å²) in [6.07, 6.45) is -0.0537. The molecule has 3 rings (SSSR count). The van der Waals surface area contributed by atoms with Gasteiger partial charge in [0.05, 0.1) is 18.0 Å². The van der Waals surface area contributed by atoms with E-state index in [0.29, 0.717) is 5.82 Å². The fourth-order valence-corrected chi connectivity index (χ4v) is 3.65. The van der Waals surface area contributed by atoms with Gasteiger partial charge in [-0.1, -0.05) is 48.0 Å². The minimum Gasteiger partial charge on any atom is -0.481 e. The smallest absolute Gasteiger partial charge is 0.305 e. The largest absolute Gasteiger partial charge is 0.481 e. The van der Waals surface area contributed by atoms with Crippen LogP contribution in [0.2, 0.25) is 0 Å². The summed E-state index contributed by atoms with van der Waals surface area (Å²) in [7, 11) is 0. The van der Waals surface area contributed by atoms with Crippen molar-refractivity contribution in [2.45, 2.75) is 65.6 Å². The molecule has 7 nitrogen and oxygen atoms in total. The van der Waals surface area contributed by atoms with E-state index < -0.39 is 12.0 Å². The Morgan fingerprint density at radius 3 is 2.42 bits per heavy atom. The summed E-state index contributed by atoms with van der Waals surface area (Å²) < 4.78 is 1.80. The first-order chi connectivity index (χ1) is 14.6. The average Bonchev–Trinajstić information content (AvgIpc) is 3.17. The SMILES string of the molecule is Cc1cccc(C(CC(=O)O)NC(c2ccc(C)c(C)c2)c2nnnn2C(C)(C)C)c1. The van der Waals surface area contributed by atoms with E-state index in [1.807, 2.05) is 52.0 Å².